The van der Waals surface area contributed by atoms with Gasteiger partial charge in [-0.05, 0) is 52.9 Å². The van der Waals surface area contributed by atoms with Crippen LogP contribution in [0, 0.1) is 0 Å². The summed E-state index contributed by atoms with van der Waals surface area (Å²) in [5, 5.41) is 9.34. The topological polar surface area (TPSA) is 46.5 Å². The van der Waals surface area contributed by atoms with Crippen LogP contribution >= 0.6 is 0 Å². The molecule has 126 valence electrons. The van der Waals surface area contributed by atoms with Crippen molar-refractivity contribution >= 4 is 5.97 Å². The van der Waals surface area contributed by atoms with Crippen molar-refractivity contribution in [1.82, 2.24) is 0 Å². The van der Waals surface area contributed by atoms with Crippen LogP contribution in [0.4, 0.5) is 0 Å². The number of rotatable bonds is 5. The molecule has 0 aromatic heterocycles. The molecule has 3 aromatic carbocycles. The number of aromatic hydroxyl groups is 1. The summed E-state index contributed by atoms with van der Waals surface area (Å²) in [5.41, 5.74) is 4.72. The summed E-state index contributed by atoms with van der Waals surface area (Å²) in [4.78, 5) is 12.2. The Kier molecular flexibility index (Phi) is 5.14. The smallest absolute Gasteiger partial charge is 0.338 e. The van der Waals surface area contributed by atoms with Gasteiger partial charge in [0, 0.05) is 0 Å². The Labute approximate surface area is 147 Å². The zero-order valence-corrected chi connectivity index (χ0v) is 14.1. The maximum absolute atomic E-state index is 12.2. The maximum atomic E-state index is 12.2. The zero-order chi connectivity index (χ0) is 17.6. The SMILES string of the molecule is CCc1ccc(COC(=O)c2ccc(-c3ccc(O)cc3)cc2)cc1. The second-order valence-electron chi connectivity index (χ2n) is 5.87. The zero-order valence-electron chi connectivity index (χ0n) is 14.1. The predicted octanol–water partition coefficient (Wildman–Crippen LogP) is 4.98. The lowest BCUT2D eigenvalue weighted by atomic mass is 10.0. The van der Waals surface area contributed by atoms with Gasteiger partial charge < -0.3 is 9.84 Å². The Hall–Kier alpha value is -3.07. The van der Waals surface area contributed by atoms with Crippen LogP contribution in [0.2, 0.25) is 0 Å². The fourth-order valence-corrected chi connectivity index (χ4v) is 2.56. The van der Waals surface area contributed by atoms with Gasteiger partial charge >= 0.3 is 5.97 Å². The lowest BCUT2D eigenvalue weighted by molar-refractivity contribution is 0.0472. The van der Waals surface area contributed by atoms with Gasteiger partial charge in [-0.2, -0.15) is 0 Å². The van der Waals surface area contributed by atoms with Crippen LogP contribution in [0.3, 0.4) is 0 Å². The van der Waals surface area contributed by atoms with E-state index in [0.29, 0.717) is 5.56 Å². The van der Waals surface area contributed by atoms with Crippen LogP contribution in [0.25, 0.3) is 11.1 Å². The number of phenolic OH excluding ortho intramolecular Hbond substituents is 1. The van der Waals surface area contributed by atoms with Crippen LogP contribution < -0.4 is 0 Å². The number of carbonyl (C=O) groups excluding carboxylic acids is 1. The van der Waals surface area contributed by atoms with Crippen molar-refractivity contribution in [3.05, 3.63) is 89.5 Å². The molecular formula is C22H20O3. The van der Waals surface area contributed by atoms with E-state index in [1.54, 1.807) is 24.3 Å². The number of carbonyl (C=O) groups is 1. The summed E-state index contributed by atoms with van der Waals surface area (Å²) >= 11 is 0. The van der Waals surface area contributed by atoms with Gasteiger partial charge in [-0.15, -0.1) is 0 Å². The van der Waals surface area contributed by atoms with Crippen LogP contribution in [-0.4, -0.2) is 11.1 Å². The maximum Gasteiger partial charge on any atom is 0.338 e. The fourth-order valence-electron chi connectivity index (χ4n) is 2.56. The molecule has 0 saturated heterocycles. The minimum absolute atomic E-state index is 0.232. The van der Waals surface area contributed by atoms with E-state index in [9.17, 15) is 9.90 Å². The van der Waals surface area contributed by atoms with E-state index in [-0.39, 0.29) is 18.3 Å². The van der Waals surface area contributed by atoms with Gasteiger partial charge in [0.15, 0.2) is 0 Å². The fraction of sp³-hybridized carbons (Fsp3) is 0.136. The Morgan fingerprint density at radius 1 is 0.800 bits per heavy atom. The molecule has 0 bridgehead atoms. The lowest BCUT2D eigenvalue weighted by Gasteiger charge is -2.07. The van der Waals surface area contributed by atoms with Gasteiger partial charge in [0.2, 0.25) is 0 Å². The summed E-state index contributed by atoms with van der Waals surface area (Å²) < 4.78 is 5.38. The number of aryl methyl sites for hydroxylation is 1. The second kappa shape index (κ2) is 7.67. The Morgan fingerprint density at radius 3 is 1.88 bits per heavy atom. The molecule has 0 radical (unpaired) electrons. The third-order valence-corrected chi connectivity index (χ3v) is 4.12. The van der Waals surface area contributed by atoms with E-state index in [0.717, 1.165) is 23.1 Å². The highest BCUT2D eigenvalue weighted by atomic mass is 16.5. The molecule has 25 heavy (non-hydrogen) atoms. The summed E-state index contributed by atoms with van der Waals surface area (Å²) in [5.74, 6) is -0.104. The molecule has 0 saturated carbocycles. The van der Waals surface area contributed by atoms with Crippen molar-refractivity contribution in [3.63, 3.8) is 0 Å². The van der Waals surface area contributed by atoms with Crippen LogP contribution in [-0.2, 0) is 17.8 Å². The number of esters is 1. The minimum Gasteiger partial charge on any atom is -0.508 e. The van der Waals surface area contributed by atoms with Gasteiger partial charge in [-0.25, -0.2) is 4.79 Å². The van der Waals surface area contributed by atoms with E-state index in [2.05, 4.69) is 19.1 Å². The predicted molar refractivity (Wildman–Crippen MR) is 98.5 cm³/mol. The largest absolute Gasteiger partial charge is 0.508 e. The molecule has 0 spiro atoms. The van der Waals surface area contributed by atoms with E-state index in [1.165, 1.54) is 5.56 Å². The number of ether oxygens (including phenoxy) is 1. The van der Waals surface area contributed by atoms with Crippen molar-refractivity contribution in [2.45, 2.75) is 20.0 Å². The molecule has 0 aliphatic heterocycles. The van der Waals surface area contributed by atoms with Crippen molar-refractivity contribution in [1.29, 1.82) is 0 Å². The molecule has 0 atom stereocenters. The van der Waals surface area contributed by atoms with Crippen LogP contribution in [0.15, 0.2) is 72.8 Å². The van der Waals surface area contributed by atoms with Crippen molar-refractivity contribution in [2.75, 3.05) is 0 Å². The van der Waals surface area contributed by atoms with Gasteiger partial charge in [0.05, 0.1) is 5.56 Å². The molecule has 0 unspecified atom stereocenters. The van der Waals surface area contributed by atoms with E-state index < -0.39 is 0 Å². The average Bonchev–Trinajstić information content (AvgIpc) is 2.67. The molecule has 1 N–H and O–H groups in total. The first-order valence-electron chi connectivity index (χ1n) is 8.30. The van der Waals surface area contributed by atoms with Gasteiger partial charge in [0.25, 0.3) is 0 Å². The molecule has 0 fully saturated rings. The number of phenols is 1. The highest BCUT2D eigenvalue weighted by molar-refractivity contribution is 5.90. The first-order chi connectivity index (χ1) is 12.2. The van der Waals surface area contributed by atoms with Gasteiger partial charge in [-0.3, -0.25) is 0 Å². The highest BCUT2D eigenvalue weighted by Gasteiger charge is 2.08. The van der Waals surface area contributed by atoms with E-state index in [4.69, 9.17) is 4.74 Å². The standard InChI is InChI=1S/C22H20O3/c1-2-16-3-5-17(6-4-16)15-25-22(24)20-9-7-18(8-10-20)19-11-13-21(23)14-12-19/h3-14,23H,2,15H2,1H3. The summed E-state index contributed by atoms with van der Waals surface area (Å²) in [6.45, 7) is 2.37. The number of hydrogen-bond acceptors (Lipinski definition) is 3. The lowest BCUT2D eigenvalue weighted by Crippen LogP contribution is -2.05. The Bertz CT molecular complexity index is 832. The highest BCUT2D eigenvalue weighted by Crippen LogP contribution is 2.22. The average molecular weight is 332 g/mol. The third kappa shape index (κ3) is 4.27. The van der Waals surface area contributed by atoms with Gasteiger partial charge in [-0.1, -0.05) is 55.5 Å². The molecule has 3 heteroatoms. The van der Waals surface area contributed by atoms with Crippen molar-refractivity contribution in [2.24, 2.45) is 0 Å². The number of benzene rings is 3. The normalized spacial score (nSPS) is 10.4. The number of hydrogen-bond donors (Lipinski definition) is 1. The minimum atomic E-state index is -0.336. The Balaban J connectivity index is 1.63. The second-order valence-corrected chi connectivity index (χ2v) is 5.87. The van der Waals surface area contributed by atoms with Gasteiger partial charge in [0.1, 0.15) is 12.4 Å². The summed E-state index contributed by atoms with van der Waals surface area (Å²) in [6.07, 6.45) is 0.993. The molecule has 3 aromatic rings. The molecule has 0 aliphatic rings. The molecule has 0 aliphatic carbocycles. The van der Waals surface area contributed by atoms with E-state index >= 15 is 0 Å². The quantitative estimate of drug-likeness (QED) is 0.670. The first kappa shape index (κ1) is 16.8. The van der Waals surface area contributed by atoms with Crippen molar-refractivity contribution < 1.29 is 14.6 Å². The monoisotopic (exact) mass is 332 g/mol. The summed E-state index contributed by atoms with van der Waals surface area (Å²) in [7, 11) is 0. The summed E-state index contributed by atoms with van der Waals surface area (Å²) in [6, 6.07) is 22.3. The molecule has 3 rings (SSSR count). The van der Waals surface area contributed by atoms with Crippen LogP contribution in [0.1, 0.15) is 28.4 Å². The molecule has 0 amide bonds. The molecule has 0 heterocycles. The Morgan fingerprint density at radius 2 is 1.32 bits per heavy atom. The van der Waals surface area contributed by atoms with E-state index in [1.807, 2.05) is 36.4 Å². The van der Waals surface area contributed by atoms with Crippen LogP contribution in [0.5, 0.6) is 5.75 Å². The van der Waals surface area contributed by atoms with Crippen molar-refractivity contribution in [3.8, 4) is 16.9 Å². The molecular weight excluding hydrogens is 312 g/mol. The first-order valence-corrected chi connectivity index (χ1v) is 8.30. The third-order valence-electron chi connectivity index (χ3n) is 4.12. The molecule has 3 nitrogen and oxygen atoms in total.